The van der Waals surface area contributed by atoms with Crippen molar-refractivity contribution in [3.05, 3.63) is 24.5 Å². The minimum Gasteiger partial charge on any atom is -0.378 e. The van der Waals surface area contributed by atoms with E-state index in [-0.39, 0.29) is 0 Å². The molecule has 106 valence electrons. The lowest BCUT2D eigenvalue weighted by Gasteiger charge is -2.28. The first-order chi connectivity index (χ1) is 9.40. The minimum absolute atomic E-state index is 0.853. The fraction of sp³-hybridized carbons (Fsp3) is 0.688. The van der Waals surface area contributed by atoms with E-state index in [1.165, 1.54) is 37.8 Å². The van der Waals surface area contributed by atoms with E-state index in [4.69, 9.17) is 4.74 Å². The number of ether oxygens (including phenoxy) is 1. The average Bonchev–Trinajstić information content (AvgIpc) is 2.49. The van der Waals surface area contributed by atoms with Gasteiger partial charge in [0.2, 0.25) is 0 Å². The summed E-state index contributed by atoms with van der Waals surface area (Å²) in [6.45, 7) is 7.15. The molecule has 3 heteroatoms. The summed E-state index contributed by atoms with van der Waals surface area (Å²) in [5.74, 6) is 0. The Morgan fingerprint density at radius 3 is 2.42 bits per heavy atom. The first-order valence-electron chi connectivity index (χ1n) is 7.72. The third kappa shape index (κ3) is 4.83. The van der Waals surface area contributed by atoms with Crippen LogP contribution in [0.5, 0.6) is 0 Å². The standard InChI is InChI=1S/C16H27N2O/c1-2-3-4-5-6-9-17-10-7-16(8-11-17)18-12-14-19-15-13-18/h7-8,10-11H,2-6,9,12-15H2,1H3/q+1. The Labute approximate surface area is 117 Å². The fourth-order valence-corrected chi connectivity index (χ4v) is 2.53. The van der Waals surface area contributed by atoms with E-state index in [2.05, 4.69) is 40.9 Å². The number of anilines is 1. The summed E-state index contributed by atoms with van der Waals surface area (Å²) in [5, 5.41) is 0. The van der Waals surface area contributed by atoms with Crippen LogP contribution in [0.25, 0.3) is 0 Å². The Morgan fingerprint density at radius 2 is 1.74 bits per heavy atom. The maximum atomic E-state index is 5.38. The third-order valence-electron chi connectivity index (χ3n) is 3.77. The van der Waals surface area contributed by atoms with Gasteiger partial charge in [-0.15, -0.1) is 0 Å². The van der Waals surface area contributed by atoms with Gasteiger partial charge in [-0.2, -0.15) is 0 Å². The highest BCUT2D eigenvalue weighted by Crippen LogP contribution is 2.13. The van der Waals surface area contributed by atoms with Gasteiger partial charge >= 0.3 is 0 Å². The largest absolute Gasteiger partial charge is 0.378 e. The molecule has 1 fully saturated rings. The lowest BCUT2D eigenvalue weighted by atomic mass is 10.1. The van der Waals surface area contributed by atoms with Gasteiger partial charge in [-0.25, -0.2) is 4.57 Å². The maximum absolute atomic E-state index is 5.38. The zero-order valence-corrected chi connectivity index (χ0v) is 12.2. The molecular formula is C16H27N2O+. The van der Waals surface area contributed by atoms with Gasteiger partial charge in [0.25, 0.3) is 0 Å². The monoisotopic (exact) mass is 263 g/mol. The number of rotatable bonds is 7. The summed E-state index contributed by atoms with van der Waals surface area (Å²) in [7, 11) is 0. The smallest absolute Gasteiger partial charge is 0.170 e. The summed E-state index contributed by atoms with van der Waals surface area (Å²) in [4.78, 5) is 2.40. The highest BCUT2D eigenvalue weighted by Gasteiger charge is 2.12. The second kappa shape index (κ2) is 8.16. The van der Waals surface area contributed by atoms with Crippen LogP contribution in [0.4, 0.5) is 5.69 Å². The predicted molar refractivity (Wildman–Crippen MR) is 78.4 cm³/mol. The summed E-state index contributed by atoms with van der Waals surface area (Å²) in [6.07, 6.45) is 11.1. The van der Waals surface area contributed by atoms with Crippen molar-refractivity contribution >= 4 is 5.69 Å². The Morgan fingerprint density at radius 1 is 1.05 bits per heavy atom. The molecule has 0 unspecified atom stereocenters. The number of aromatic nitrogens is 1. The number of hydrogen-bond donors (Lipinski definition) is 0. The molecule has 0 bridgehead atoms. The van der Waals surface area contributed by atoms with Crippen molar-refractivity contribution in [2.75, 3.05) is 31.2 Å². The summed E-state index contributed by atoms with van der Waals surface area (Å²) >= 11 is 0. The van der Waals surface area contributed by atoms with Gasteiger partial charge in [-0.05, 0) is 6.42 Å². The minimum atomic E-state index is 0.853. The molecule has 1 aromatic rings. The molecule has 0 N–H and O–H groups in total. The van der Waals surface area contributed by atoms with Crippen LogP contribution >= 0.6 is 0 Å². The van der Waals surface area contributed by atoms with Crippen molar-refractivity contribution < 1.29 is 9.30 Å². The van der Waals surface area contributed by atoms with E-state index in [0.29, 0.717) is 0 Å². The molecule has 0 saturated carbocycles. The highest BCUT2D eigenvalue weighted by atomic mass is 16.5. The first-order valence-corrected chi connectivity index (χ1v) is 7.72. The molecule has 1 saturated heterocycles. The van der Waals surface area contributed by atoms with Crippen LogP contribution in [0.2, 0.25) is 0 Å². The number of aryl methyl sites for hydroxylation is 1. The van der Waals surface area contributed by atoms with Gasteiger partial charge in [0.05, 0.1) is 13.2 Å². The molecule has 0 radical (unpaired) electrons. The van der Waals surface area contributed by atoms with Gasteiger partial charge in [0, 0.05) is 37.3 Å². The highest BCUT2D eigenvalue weighted by molar-refractivity contribution is 5.43. The van der Waals surface area contributed by atoms with Crippen molar-refractivity contribution in [1.82, 2.24) is 0 Å². The number of pyridine rings is 1. The number of nitrogens with zero attached hydrogens (tertiary/aromatic N) is 2. The lowest BCUT2D eigenvalue weighted by molar-refractivity contribution is -0.697. The van der Waals surface area contributed by atoms with E-state index in [1.54, 1.807) is 0 Å². The molecule has 3 nitrogen and oxygen atoms in total. The second-order valence-electron chi connectivity index (χ2n) is 5.31. The van der Waals surface area contributed by atoms with Crippen molar-refractivity contribution in [3.8, 4) is 0 Å². The van der Waals surface area contributed by atoms with Crippen LogP contribution in [0.3, 0.4) is 0 Å². The SMILES string of the molecule is CCCCCCC[n+]1ccc(N2CCOCC2)cc1. The molecule has 0 atom stereocenters. The van der Waals surface area contributed by atoms with E-state index in [9.17, 15) is 0 Å². The van der Waals surface area contributed by atoms with Crippen LogP contribution < -0.4 is 9.47 Å². The van der Waals surface area contributed by atoms with Crippen molar-refractivity contribution in [2.24, 2.45) is 0 Å². The van der Waals surface area contributed by atoms with Crippen LogP contribution in [-0.4, -0.2) is 26.3 Å². The normalized spacial score (nSPS) is 15.7. The van der Waals surface area contributed by atoms with Crippen LogP contribution in [-0.2, 0) is 11.3 Å². The van der Waals surface area contributed by atoms with Gasteiger partial charge in [0.15, 0.2) is 12.4 Å². The van der Waals surface area contributed by atoms with Crippen LogP contribution in [0.15, 0.2) is 24.5 Å². The molecule has 0 aliphatic carbocycles. The summed E-state index contributed by atoms with van der Waals surface area (Å²) in [5.41, 5.74) is 1.32. The molecule has 1 aliphatic rings. The lowest BCUT2D eigenvalue weighted by Crippen LogP contribution is -2.38. The molecule has 0 amide bonds. The van der Waals surface area contributed by atoms with E-state index in [1.807, 2.05) is 0 Å². The Bertz CT molecular complexity index is 344. The van der Waals surface area contributed by atoms with E-state index in [0.717, 1.165) is 32.8 Å². The van der Waals surface area contributed by atoms with Gasteiger partial charge in [-0.3, -0.25) is 0 Å². The third-order valence-corrected chi connectivity index (χ3v) is 3.77. The van der Waals surface area contributed by atoms with Crippen LogP contribution in [0, 0.1) is 0 Å². The number of unbranched alkanes of at least 4 members (excludes halogenated alkanes) is 4. The molecule has 19 heavy (non-hydrogen) atoms. The molecule has 0 aromatic carbocycles. The first kappa shape index (κ1) is 14.3. The topological polar surface area (TPSA) is 16.4 Å². The Balaban J connectivity index is 1.74. The second-order valence-corrected chi connectivity index (χ2v) is 5.31. The van der Waals surface area contributed by atoms with Crippen molar-refractivity contribution in [3.63, 3.8) is 0 Å². The van der Waals surface area contributed by atoms with Gasteiger partial charge in [0.1, 0.15) is 6.54 Å². The van der Waals surface area contributed by atoms with Crippen molar-refractivity contribution in [2.45, 2.75) is 45.6 Å². The number of morpholine rings is 1. The van der Waals surface area contributed by atoms with E-state index >= 15 is 0 Å². The van der Waals surface area contributed by atoms with Crippen molar-refractivity contribution in [1.29, 1.82) is 0 Å². The average molecular weight is 263 g/mol. The zero-order chi connectivity index (χ0) is 13.3. The summed E-state index contributed by atoms with van der Waals surface area (Å²) in [6, 6.07) is 4.47. The molecule has 2 heterocycles. The number of hydrogen-bond acceptors (Lipinski definition) is 2. The zero-order valence-electron chi connectivity index (χ0n) is 12.2. The quantitative estimate of drug-likeness (QED) is 0.555. The Hall–Kier alpha value is -1.09. The summed E-state index contributed by atoms with van der Waals surface area (Å²) < 4.78 is 7.68. The van der Waals surface area contributed by atoms with E-state index < -0.39 is 0 Å². The molecular weight excluding hydrogens is 236 g/mol. The maximum Gasteiger partial charge on any atom is 0.170 e. The molecule has 1 aromatic heterocycles. The molecule has 2 rings (SSSR count). The Kier molecular flexibility index (Phi) is 6.15. The fourth-order valence-electron chi connectivity index (χ4n) is 2.53. The van der Waals surface area contributed by atoms with Gasteiger partial charge < -0.3 is 9.64 Å². The molecule has 0 spiro atoms. The van der Waals surface area contributed by atoms with Crippen LogP contribution in [0.1, 0.15) is 39.0 Å². The van der Waals surface area contributed by atoms with Gasteiger partial charge in [-0.1, -0.05) is 26.2 Å². The molecule has 1 aliphatic heterocycles. The predicted octanol–water partition coefficient (Wildman–Crippen LogP) is 2.78.